The van der Waals surface area contributed by atoms with Crippen molar-refractivity contribution < 1.29 is 0 Å². The highest BCUT2D eigenvalue weighted by Gasteiger charge is 2.13. The standard InChI is InChI=1S/C13H15N9/c1-4-21(5-2-14-1)13-16-7-10(8-17-13)20-11-12-18-9-19-22(12)6-3-15-11/h3,6-9,14H,1-2,4-5H2,(H,15,20). The lowest BCUT2D eigenvalue weighted by atomic mass is 10.4. The third kappa shape index (κ3) is 2.42. The van der Waals surface area contributed by atoms with E-state index in [0.717, 1.165) is 37.8 Å². The molecule has 4 rings (SSSR count). The van der Waals surface area contributed by atoms with Crippen LogP contribution in [-0.4, -0.2) is 55.7 Å². The summed E-state index contributed by atoms with van der Waals surface area (Å²) in [5.41, 5.74) is 1.43. The first-order chi connectivity index (χ1) is 10.9. The summed E-state index contributed by atoms with van der Waals surface area (Å²) in [5.74, 6) is 1.37. The Morgan fingerprint density at radius 1 is 1.05 bits per heavy atom. The molecule has 0 unspecified atom stereocenters. The zero-order valence-corrected chi connectivity index (χ0v) is 11.8. The second-order valence-electron chi connectivity index (χ2n) is 4.94. The molecule has 4 heterocycles. The molecular formula is C13H15N9. The number of piperazine rings is 1. The molecular weight excluding hydrogens is 282 g/mol. The van der Waals surface area contributed by atoms with Gasteiger partial charge in [-0.25, -0.2) is 24.5 Å². The first-order valence-electron chi connectivity index (χ1n) is 7.09. The molecule has 1 saturated heterocycles. The van der Waals surface area contributed by atoms with E-state index in [1.165, 1.54) is 6.33 Å². The van der Waals surface area contributed by atoms with Gasteiger partial charge in [0.05, 0.1) is 18.1 Å². The normalized spacial score (nSPS) is 15.2. The molecule has 0 amide bonds. The van der Waals surface area contributed by atoms with Gasteiger partial charge < -0.3 is 15.5 Å². The van der Waals surface area contributed by atoms with Gasteiger partial charge in [0.1, 0.15) is 6.33 Å². The van der Waals surface area contributed by atoms with Crippen LogP contribution in [0.15, 0.2) is 31.1 Å². The van der Waals surface area contributed by atoms with Crippen molar-refractivity contribution in [3.05, 3.63) is 31.1 Å². The Hall–Kier alpha value is -2.81. The second-order valence-corrected chi connectivity index (χ2v) is 4.94. The maximum absolute atomic E-state index is 4.42. The highest BCUT2D eigenvalue weighted by Crippen LogP contribution is 2.17. The molecule has 3 aromatic rings. The molecule has 1 aliphatic heterocycles. The van der Waals surface area contributed by atoms with Crippen molar-refractivity contribution in [1.29, 1.82) is 0 Å². The highest BCUT2D eigenvalue weighted by molar-refractivity contribution is 5.68. The zero-order valence-electron chi connectivity index (χ0n) is 11.8. The molecule has 0 aliphatic carbocycles. The van der Waals surface area contributed by atoms with Crippen molar-refractivity contribution in [3.63, 3.8) is 0 Å². The number of hydrogen-bond acceptors (Lipinski definition) is 8. The molecule has 9 heteroatoms. The fraction of sp³-hybridized carbons (Fsp3) is 0.308. The maximum Gasteiger partial charge on any atom is 0.225 e. The SMILES string of the molecule is c1cn2ncnc2c(Nc2cnc(N3CCNCC3)nc2)n1. The minimum absolute atomic E-state index is 0.624. The van der Waals surface area contributed by atoms with Gasteiger partial charge in [-0.1, -0.05) is 0 Å². The van der Waals surface area contributed by atoms with Gasteiger partial charge in [0.2, 0.25) is 5.95 Å². The summed E-state index contributed by atoms with van der Waals surface area (Å²) >= 11 is 0. The van der Waals surface area contributed by atoms with Crippen LogP contribution in [0.25, 0.3) is 5.65 Å². The number of hydrogen-bond donors (Lipinski definition) is 2. The molecule has 1 fully saturated rings. The number of aromatic nitrogens is 6. The Morgan fingerprint density at radius 2 is 1.86 bits per heavy atom. The fourth-order valence-electron chi connectivity index (χ4n) is 2.40. The molecule has 1 aliphatic rings. The molecule has 3 aromatic heterocycles. The van der Waals surface area contributed by atoms with E-state index in [1.807, 2.05) is 0 Å². The monoisotopic (exact) mass is 297 g/mol. The lowest BCUT2D eigenvalue weighted by Crippen LogP contribution is -2.44. The third-order valence-electron chi connectivity index (χ3n) is 3.50. The highest BCUT2D eigenvalue weighted by atomic mass is 15.3. The average Bonchev–Trinajstić information content (AvgIpc) is 3.06. The summed E-state index contributed by atoms with van der Waals surface area (Å²) in [7, 11) is 0. The fourth-order valence-corrected chi connectivity index (χ4v) is 2.40. The van der Waals surface area contributed by atoms with Crippen LogP contribution in [0.1, 0.15) is 0 Å². The van der Waals surface area contributed by atoms with Gasteiger partial charge in [-0.05, 0) is 0 Å². The van der Waals surface area contributed by atoms with Crippen molar-refractivity contribution in [2.75, 3.05) is 36.4 Å². The number of anilines is 3. The van der Waals surface area contributed by atoms with E-state index in [1.54, 1.807) is 29.3 Å². The van der Waals surface area contributed by atoms with Gasteiger partial charge in [-0.3, -0.25) is 0 Å². The molecule has 0 bridgehead atoms. The first kappa shape index (κ1) is 12.9. The van der Waals surface area contributed by atoms with E-state index in [2.05, 4.69) is 40.6 Å². The largest absolute Gasteiger partial charge is 0.338 e. The molecule has 112 valence electrons. The van der Waals surface area contributed by atoms with E-state index in [9.17, 15) is 0 Å². The number of fused-ring (bicyclic) bond motifs is 1. The van der Waals surface area contributed by atoms with Gasteiger partial charge in [0, 0.05) is 38.6 Å². The molecule has 22 heavy (non-hydrogen) atoms. The molecule has 9 nitrogen and oxygen atoms in total. The molecule has 0 saturated carbocycles. The van der Waals surface area contributed by atoms with Crippen LogP contribution < -0.4 is 15.5 Å². The Morgan fingerprint density at radius 3 is 2.68 bits per heavy atom. The quantitative estimate of drug-likeness (QED) is 0.701. The Bertz CT molecular complexity index is 761. The predicted octanol–water partition coefficient (Wildman–Crippen LogP) is 0.0675. The summed E-state index contributed by atoms with van der Waals surface area (Å²) in [6.45, 7) is 3.77. The van der Waals surface area contributed by atoms with Crippen LogP contribution in [-0.2, 0) is 0 Å². The zero-order chi connectivity index (χ0) is 14.8. The molecule has 0 aromatic carbocycles. The Labute approximate surface area is 126 Å². The smallest absolute Gasteiger partial charge is 0.225 e. The van der Waals surface area contributed by atoms with Gasteiger partial charge in [-0.2, -0.15) is 5.10 Å². The van der Waals surface area contributed by atoms with Crippen molar-refractivity contribution in [3.8, 4) is 0 Å². The van der Waals surface area contributed by atoms with E-state index in [-0.39, 0.29) is 0 Å². The van der Waals surface area contributed by atoms with Gasteiger partial charge >= 0.3 is 0 Å². The predicted molar refractivity (Wildman–Crippen MR) is 81.2 cm³/mol. The summed E-state index contributed by atoms with van der Waals surface area (Å²) in [6.07, 6.45) is 8.42. The topological polar surface area (TPSA) is 96.2 Å². The maximum atomic E-state index is 4.42. The van der Waals surface area contributed by atoms with E-state index >= 15 is 0 Å². The lowest BCUT2D eigenvalue weighted by Gasteiger charge is -2.27. The number of rotatable bonds is 3. The van der Waals surface area contributed by atoms with E-state index in [0.29, 0.717) is 11.5 Å². The average molecular weight is 297 g/mol. The molecule has 0 radical (unpaired) electrons. The van der Waals surface area contributed by atoms with Crippen LogP contribution >= 0.6 is 0 Å². The summed E-state index contributed by atoms with van der Waals surface area (Å²) < 4.78 is 1.66. The molecule has 2 N–H and O–H groups in total. The van der Waals surface area contributed by atoms with Gasteiger partial charge in [0.25, 0.3) is 0 Å². The minimum atomic E-state index is 0.624. The van der Waals surface area contributed by atoms with E-state index in [4.69, 9.17) is 0 Å². The van der Waals surface area contributed by atoms with Crippen LogP contribution in [0.2, 0.25) is 0 Å². The van der Waals surface area contributed by atoms with Crippen molar-refractivity contribution in [2.24, 2.45) is 0 Å². The van der Waals surface area contributed by atoms with Gasteiger partial charge in [0.15, 0.2) is 11.5 Å². The molecule has 0 spiro atoms. The van der Waals surface area contributed by atoms with Crippen molar-refractivity contribution in [2.45, 2.75) is 0 Å². The number of nitrogens with one attached hydrogen (secondary N) is 2. The molecule has 0 atom stereocenters. The summed E-state index contributed by atoms with van der Waals surface area (Å²) in [5, 5.41) is 10.6. The van der Waals surface area contributed by atoms with Gasteiger partial charge in [-0.15, -0.1) is 0 Å². The third-order valence-corrected chi connectivity index (χ3v) is 3.50. The van der Waals surface area contributed by atoms with Crippen LogP contribution in [0, 0.1) is 0 Å². The summed E-state index contributed by atoms with van der Waals surface area (Å²) in [4.78, 5) is 19.5. The van der Waals surface area contributed by atoms with Crippen molar-refractivity contribution >= 4 is 23.1 Å². The number of nitrogens with zero attached hydrogens (tertiary/aromatic N) is 7. The Kier molecular flexibility index (Phi) is 3.24. The van der Waals surface area contributed by atoms with Crippen LogP contribution in [0.3, 0.4) is 0 Å². The Balaban J connectivity index is 1.54. The van der Waals surface area contributed by atoms with Crippen LogP contribution in [0.4, 0.5) is 17.5 Å². The van der Waals surface area contributed by atoms with E-state index < -0.39 is 0 Å². The van der Waals surface area contributed by atoms with Crippen molar-refractivity contribution in [1.82, 2.24) is 34.9 Å². The summed E-state index contributed by atoms with van der Waals surface area (Å²) in [6, 6.07) is 0. The lowest BCUT2D eigenvalue weighted by molar-refractivity contribution is 0.580. The second kappa shape index (κ2) is 5.53. The first-order valence-corrected chi connectivity index (χ1v) is 7.09. The van der Waals surface area contributed by atoms with Crippen LogP contribution in [0.5, 0.6) is 0 Å². The minimum Gasteiger partial charge on any atom is -0.338 e.